The van der Waals surface area contributed by atoms with Crippen molar-refractivity contribution in [1.82, 2.24) is 4.90 Å². The van der Waals surface area contributed by atoms with E-state index in [-0.39, 0.29) is 18.1 Å². The van der Waals surface area contributed by atoms with Gasteiger partial charge in [-0.1, -0.05) is 6.07 Å². The molecular weight excluding hydrogens is 312 g/mol. The lowest BCUT2D eigenvalue weighted by Gasteiger charge is -2.16. The zero-order valence-corrected chi connectivity index (χ0v) is 14.1. The van der Waals surface area contributed by atoms with Crippen LogP contribution >= 0.6 is 0 Å². The molecule has 1 aromatic carbocycles. The molecule has 1 atom stereocenters. The third-order valence-electron chi connectivity index (χ3n) is 4.99. The molecule has 23 heavy (non-hydrogen) atoms. The lowest BCUT2D eigenvalue weighted by Crippen LogP contribution is -2.31. The van der Waals surface area contributed by atoms with Crippen molar-refractivity contribution in [3.63, 3.8) is 0 Å². The van der Waals surface area contributed by atoms with E-state index in [1.807, 2.05) is 6.07 Å². The van der Waals surface area contributed by atoms with Crippen LogP contribution in [-0.4, -0.2) is 44.6 Å². The summed E-state index contributed by atoms with van der Waals surface area (Å²) in [5.74, 6) is 0.159. The van der Waals surface area contributed by atoms with Crippen LogP contribution in [0.2, 0.25) is 0 Å². The van der Waals surface area contributed by atoms with Gasteiger partial charge in [-0.2, -0.15) is 0 Å². The van der Waals surface area contributed by atoms with E-state index in [4.69, 9.17) is 5.73 Å². The molecule has 1 saturated heterocycles. The van der Waals surface area contributed by atoms with Crippen molar-refractivity contribution in [2.24, 2.45) is 11.7 Å². The quantitative estimate of drug-likeness (QED) is 0.874. The normalized spacial score (nSPS) is 20.7. The van der Waals surface area contributed by atoms with Gasteiger partial charge in [0.05, 0.1) is 10.6 Å². The molecule has 2 aliphatic rings. The van der Waals surface area contributed by atoms with Crippen molar-refractivity contribution < 1.29 is 13.2 Å². The molecule has 1 aliphatic heterocycles. The highest BCUT2D eigenvalue weighted by molar-refractivity contribution is 7.91. The van der Waals surface area contributed by atoms with Crippen LogP contribution in [0.3, 0.4) is 0 Å². The molecule has 1 unspecified atom stereocenters. The number of aryl methyl sites for hydroxylation is 2. The van der Waals surface area contributed by atoms with E-state index in [0.29, 0.717) is 30.4 Å². The Kier molecular flexibility index (Phi) is 4.73. The van der Waals surface area contributed by atoms with Crippen LogP contribution in [0.15, 0.2) is 23.1 Å². The number of nitrogens with two attached hydrogens (primary N) is 1. The zero-order valence-electron chi connectivity index (χ0n) is 13.3. The summed E-state index contributed by atoms with van der Waals surface area (Å²) in [7, 11) is -3.40. The van der Waals surface area contributed by atoms with E-state index in [0.717, 1.165) is 31.2 Å². The molecule has 0 saturated carbocycles. The molecule has 1 aromatic rings. The van der Waals surface area contributed by atoms with Crippen molar-refractivity contribution in [1.29, 1.82) is 0 Å². The molecule has 1 fully saturated rings. The number of carbonyl (C=O) groups is 1. The monoisotopic (exact) mass is 336 g/mol. The predicted octanol–water partition coefficient (Wildman–Crippen LogP) is 1.15. The first kappa shape index (κ1) is 16.5. The summed E-state index contributed by atoms with van der Waals surface area (Å²) in [4.78, 5) is 14.3. The second kappa shape index (κ2) is 6.61. The first-order valence-electron chi connectivity index (χ1n) is 8.32. The molecule has 3 rings (SSSR count). The second-order valence-electron chi connectivity index (χ2n) is 6.58. The van der Waals surface area contributed by atoms with Gasteiger partial charge in [-0.15, -0.1) is 0 Å². The van der Waals surface area contributed by atoms with Crippen LogP contribution in [0.1, 0.15) is 30.4 Å². The first-order valence-corrected chi connectivity index (χ1v) is 9.97. The van der Waals surface area contributed by atoms with Gasteiger partial charge in [-0.25, -0.2) is 8.42 Å². The minimum absolute atomic E-state index is 0.0523. The number of hydrogen-bond acceptors (Lipinski definition) is 4. The van der Waals surface area contributed by atoms with Crippen molar-refractivity contribution >= 4 is 15.7 Å². The molecule has 1 aliphatic carbocycles. The Morgan fingerprint density at radius 2 is 2.04 bits per heavy atom. The lowest BCUT2D eigenvalue weighted by atomic mass is 10.1. The Morgan fingerprint density at radius 3 is 2.78 bits per heavy atom. The van der Waals surface area contributed by atoms with Crippen molar-refractivity contribution in [3.05, 3.63) is 29.3 Å². The number of fused-ring (bicyclic) bond motifs is 1. The van der Waals surface area contributed by atoms with Gasteiger partial charge in [0.1, 0.15) is 0 Å². The van der Waals surface area contributed by atoms with E-state index < -0.39 is 9.84 Å². The Hall–Kier alpha value is -1.40. The summed E-state index contributed by atoms with van der Waals surface area (Å²) in [6.45, 7) is 1.94. The maximum absolute atomic E-state index is 12.5. The fourth-order valence-electron chi connectivity index (χ4n) is 3.49. The van der Waals surface area contributed by atoms with Crippen LogP contribution in [0.4, 0.5) is 0 Å². The molecule has 5 nitrogen and oxygen atoms in total. The Balaban J connectivity index is 1.62. The van der Waals surface area contributed by atoms with Crippen molar-refractivity contribution in [2.75, 3.05) is 25.4 Å². The van der Waals surface area contributed by atoms with Crippen molar-refractivity contribution in [2.45, 2.75) is 37.0 Å². The number of sulfone groups is 1. The number of rotatable bonds is 5. The summed E-state index contributed by atoms with van der Waals surface area (Å²) in [6.07, 6.45) is 4.04. The summed E-state index contributed by atoms with van der Waals surface area (Å²) >= 11 is 0. The molecule has 1 amide bonds. The second-order valence-corrected chi connectivity index (χ2v) is 8.69. The van der Waals surface area contributed by atoms with Crippen LogP contribution in [0.25, 0.3) is 0 Å². The van der Waals surface area contributed by atoms with Gasteiger partial charge in [0.25, 0.3) is 0 Å². The van der Waals surface area contributed by atoms with Crippen molar-refractivity contribution in [3.8, 4) is 0 Å². The Morgan fingerprint density at radius 1 is 1.26 bits per heavy atom. The maximum Gasteiger partial charge on any atom is 0.223 e. The summed E-state index contributed by atoms with van der Waals surface area (Å²) in [5, 5.41) is 0. The van der Waals surface area contributed by atoms with Crippen LogP contribution in [-0.2, 0) is 27.5 Å². The number of nitrogens with zero attached hydrogens (tertiary/aromatic N) is 1. The first-order chi connectivity index (χ1) is 11.0. The Bertz CT molecular complexity index is 700. The van der Waals surface area contributed by atoms with Gasteiger partial charge in [0.15, 0.2) is 9.84 Å². The smallest absolute Gasteiger partial charge is 0.223 e. The SMILES string of the molecule is NCC1CCN(C(=O)CCS(=O)(=O)c2ccc3c(c2)CCC3)C1. The fraction of sp³-hybridized carbons (Fsp3) is 0.588. The largest absolute Gasteiger partial charge is 0.342 e. The van der Waals surface area contributed by atoms with Crippen LogP contribution in [0, 0.1) is 5.92 Å². The number of benzene rings is 1. The predicted molar refractivity (Wildman–Crippen MR) is 88.9 cm³/mol. The van der Waals surface area contributed by atoms with E-state index in [9.17, 15) is 13.2 Å². The average molecular weight is 336 g/mol. The van der Waals surface area contributed by atoms with E-state index >= 15 is 0 Å². The topological polar surface area (TPSA) is 80.5 Å². The van der Waals surface area contributed by atoms with Crippen LogP contribution in [0.5, 0.6) is 0 Å². The van der Waals surface area contributed by atoms with Gasteiger partial charge >= 0.3 is 0 Å². The molecule has 0 spiro atoms. The number of likely N-dealkylation sites (tertiary alicyclic amines) is 1. The number of carbonyl (C=O) groups excluding carboxylic acids is 1. The summed E-state index contributed by atoms with van der Waals surface area (Å²) in [6, 6.07) is 5.40. The molecule has 0 bridgehead atoms. The minimum Gasteiger partial charge on any atom is -0.342 e. The average Bonchev–Trinajstić information content (AvgIpc) is 3.20. The number of amides is 1. The van der Waals surface area contributed by atoms with E-state index in [1.54, 1.807) is 17.0 Å². The van der Waals surface area contributed by atoms with E-state index in [1.165, 1.54) is 5.56 Å². The zero-order chi connectivity index (χ0) is 16.4. The van der Waals surface area contributed by atoms with Gasteiger partial charge in [0, 0.05) is 19.5 Å². The Labute approximate surface area is 137 Å². The molecule has 0 aromatic heterocycles. The van der Waals surface area contributed by atoms with E-state index in [2.05, 4.69) is 0 Å². The molecule has 126 valence electrons. The van der Waals surface area contributed by atoms with Gasteiger partial charge in [-0.3, -0.25) is 4.79 Å². The lowest BCUT2D eigenvalue weighted by molar-refractivity contribution is -0.129. The molecule has 6 heteroatoms. The van der Waals surface area contributed by atoms with Crippen LogP contribution < -0.4 is 5.73 Å². The third-order valence-corrected chi connectivity index (χ3v) is 6.70. The minimum atomic E-state index is -3.40. The molecule has 2 N–H and O–H groups in total. The maximum atomic E-state index is 12.5. The highest BCUT2D eigenvalue weighted by Gasteiger charge is 2.27. The van der Waals surface area contributed by atoms with Gasteiger partial charge in [-0.05, 0) is 61.4 Å². The summed E-state index contributed by atoms with van der Waals surface area (Å²) in [5.41, 5.74) is 8.02. The van der Waals surface area contributed by atoms with Gasteiger partial charge in [0.2, 0.25) is 5.91 Å². The number of hydrogen-bond donors (Lipinski definition) is 1. The molecule has 1 heterocycles. The highest BCUT2D eigenvalue weighted by atomic mass is 32.2. The highest BCUT2D eigenvalue weighted by Crippen LogP contribution is 2.25. The van der Waals surface area contributed by atoms with Gasteiger partial charge < -0.3 is 10.6 Å². The fourth-order valence-corrected chi connectivity index (χ4v) is 4.77. The summed E-state index contributed by atoms with van der Waals surface area (Å²) < 4.78 is 25.0. The molecule has 0 radical (unpaired) electrons. The standard InChI is InChI=1S/C17H24N2O3S/c18-11-13-6-8-19(12-13)17(20)7-9-23(21,22)16-5-4-14-2-1-3-15(14)10-16/h4-5,10,13H,1-3,6-9,11-12,18H2. The molecular formula is C17H24N2O3S. The third kappa shape index (κ3) is 3.58.